The van der Waals surface area contributed by atoms with E-state index in [0.29, 0.717) is 23.4 Å². The van der Waals surface area contributed by atoms with Crippen LogP contribution in [-0.2, 0) is 0 Å². The zero-order valence-corrected chi connectivity index (χ0v) is 14.4. The lowest BCUT2D eigenvalue weighted by molar-refractivity contribution is 0.0620. The van der Waals surface area contributed by atoms with Gasteiger partial charge >= 0.3 is 0 Å². The molecule has 3 N–H and O–H groups in total. The van der Waals surface area contributed by atoms with Crippen LogP contribution < -0.4 is 20.5 Å². The minimum Gasteiger partial charge on any atom is -0.494 e. The van der Waals surface area contributed by atoms with Crippen LogP contribution in [0.15, 0.2) is 36.4 Å². The van der Waals surface area contributed by atoms with E-state index >= 15 is 0 Å². The Hall–Kier alpha value is -2.76. The summed E-state index contributed by atoms with van der Waals surface area (Å²) in [5.74, 6) is -0.0872. The number of nitrogens with one attached hydrogen (secondary N) is 1. The van der Waals surface area contributed by atoms with E-state index in [2.05, 4.69) is 5.32 Å². The number of nitrogens with two attached hydrogens (primary N) is 1. The number of halogens is 1. The van der Waals surface area contributed by atoms with Crippen LogP contribution in [0.2, 0.25) is 0 Å². The smallest absolute Gasteiger partial charge is 0.251 e. The van der Waals surface area contributed by atoms with Gasteiger partial charge in [-0.3, -0.25) is 4.79 Å². The van der Waals surface area contributed by atoms with Gasteiger partial charge in [0.25, 0.3) is 5.91 Å². The third-order valence-electron chi connectivity index (χ3n) is 4.21. The Balaban J connectivity index is 1.89. The maximum atomic E-state index is 13.5. The molecule has 6 heteroatoms. The van der Waals surface area contributed by atoms with E-state index in [1.165, 1.54) is 25.3 Å². The first-order chi connectivity index (χ1) is 11.8. The Labute approximate surface area is 145 Å². The summed E-state index contributed by atoms with van der Waals surface area (Å²) in [7, 11) is 1.36. The standard InChI is InChI=1S/C19H21FN2O3/c1-19(2)10-15(13-9-12(21)5-7-16(13)25-19)22-18(23)11-4-6-14(20)17(8-11)24-3/h4-9,15H,10,21H2,1-3H3,(H,22,23). The molecule has 25 heavy (non-hydrogen) atoms. The van der Waals surface area contributed by atoms with Gasteiger partial charge in [-0.1, -0.05) is 0 Å². The maximum Gasteiger partial charge on any atom is 0.251 e. The molecule has 1 heterocycles. The molecule has 2 aromatic rings. The normalized spacial score (nSPS) is 18.0. The summed E-state index contributed by atoms with van der Waals surface area (Å²) in [4.78, 5) is 12.6. The zero-order valence-electron chi connectivity index (χ0n) is 14.4. The van der Waals surface area contributed by atoms with Crippen LogP contribution in [0.3, 0.4) is 0 Å². The minimum atomic E-state index is -0.510. The molecule has 0 aromatic heterocycles. The second kappa shape index (κ2) is 6.27. The Morgan fingerprint density at radius 1 is 1.32 bits per heavy atom. The van der Waals surface area contributed by atoms with Gasteiger partial charge in [0, 0.05) is 23.2 Å². The number of hydrogen-bond acceptors (Lipinski definition) is 4. The second-order valence-corrected chi connectivity index (χ2v) is 6.74. The summed E-state index contributed by atoms with van der Waals surface area (Å²) in [5, 5.41) is 2.99. The molecule has 1 aliphatic heterocycles. The van der Waals surface area contributed by atoms with Crippen LogP contribution >= 0.6 is 0 Å². The average Bonchev–Trinajstić information content (AvgIpc) is 2.55. The lowest BCUT2D eigenvalue weighted by Gasteiger charge is -2.38. The Morgan fingerprint density at radius 2 is 2.08 bits per heavy atom. The molecule has 0 aliphatic carbocycles. The quantitative estimate of drug-likeness (QED) is 0.837. The van der Waals surface area contributed by atoms with Gasteiger partial charge in [0.05, 0.1) is 13.2 Å². The van der Waals surface area contributed by atoms with Crippen LogP contribution in [0.5, 0.6) is 11.5 Å². The van der Waals surface area contributed by atoms with Crippen LogP contribution in [0.4, 0.5) is 10.1 Å². The monoisotopic (exact) mass is 344 g/mol. The molecule has 1 amide bonds. The van der Waals surface area contributed by atoms with E-state index in [4.69, 9.17) is 15.2 Å². The molecular formula is C19H21FN2O3. The largest absolute Gasteiger partial charge is 0.494 e. The molecule has 1 aliphatic rings. The van der Waals surface area contributed by atoms with Crippen molar-refractivity contribution in [3.8, 4) is 11.5 Å². The van der Waals surface area contributed by atoms with Crippen molar-refractivity contribution in [2.24, 2.45) is 0 Å². The van der Waals surface area contributed by atoms with Crippen molar-refractivity contribution in [1.82, 2.24) is 5.32 Å². The van der Waals surface area contributed by atoms with Crippen LogP contribution in [-0.4, -0.2) is 18.6 Å². The van der Waals surface area contributed by atoms with E-state index in [1.54, 1.807) is 12.1 Å². The molecule has 0 saturated carbocycles. The molecule has 132 valence electrons. The fourth-order valence-electron chi connectivity index (χ4n) is 3.04. The Bertz CT molecular complexity index is 820. The van der Waals surface area contributed by atoms with Gasteiger partial charge in [-0.15, -0.1) is 0 Å². The summed E-state index contributed by atoms with van der Waals surface area (Å²) >= 11 is 0. The molecule has 0 spiro atoms. The van der Waals surface area contributed by atoms with Crippen molar-refractivity contribution in [1.29, 1.82) is 0 Å². The number of amides is 1. The first kappa shape index (κ1) is 17.1. The van der Waals surface area contributed by atoms with Crippen molar-refractivity contribution >= 4 is 11.6 Å². The molecule has 0 saturated heterocycles. The highest BCUT2D eigenvalue weighted by Crippen LogP contribution is 2.40. The third kappa shape index (κ3) is 3.52. The third-order valence-corrected chi connectivity index (χ3v) is 4.21. The number of carbonyl (C=O) groups is 1. The molecule has 1 atom stereocenters. The average molecular weight is 344 g/mol. The van der Waals surface area contributed by atoms with Crippen molar-refractivity contribution < 1.29 is 18.7 Å². The van der Waals surface area contributed by atoms with E-state index in [9.17, 15) is 9.18 Å². The van der Waals surface area contributed by atoms with Gasteiger partial charge in [-0.2, -0.15) is 0 Å². The predicted molar refractivity (Wildman–Crippen MR) is 93.3 cm³/mol. The van der Waals surface area contributed by atoms with Crippen LogP contribution in [0.1, 0.15) is 42.2 Å². The number of fused-ring (bicyclic) bond motifs is 1. The maximum absolute atomic E-state index is 13.5. The van der Waals surface area contributed by atoms with Gasteiger partial charge < -0.3 is 20.5 Å². The summed E-state index contributed by atoms with van der Waals surface area (Å²) in [6, 6.07) is 9.16. The second-order valence-electron chi connectivity index (χ2n) is 6.74. The minimum absolute atomic E-state index is 0.0320. The molecular weight excluding hydrogens is 323 g/mol. The van der Waals surface area contributed by atoms with Crippen molar-refractivity contribution in [2.45, 2.75) is 31.9 Å². The van der Waals surface area contributed by atoms with Crippen molar-refractivity contribution in [3.63, 3.8) is 0 Å². The number of methoxy groups -OCH3 is 1. The van der Waals surface area contributed by atoms with E-state index in [-0.39, 0.29) is 17.7 Å². The van der Waals surface area contributed by atoms with E-state index in [1.807, 2.05) is 19.9 Å². The number of rotatable bonds is 3. The molecule has 3 rings (SSSR count). The Morgan fingerprint density at radius 3 is 2.80 bits per heavy atom. The highest BCUT2D eigenvalue weighted by molar-refractivity contribution is 5.95. The molecule has 2 aromatic carbocycles. The predicted octanol–water partition coefficient (Wildman–Crippen LogP) is 3.45. The lowest BCUT2D eigenvalue weighted by atomic mass is 9.89. The molecule has 0 fully saturated rings. The van der Waals surface area contributed by atoms with Gasteiger partial charge in [-0.05, 0) is 50.2 Å². The van der Waals surface area contributed by atoms with Gasteiger partial charge in [0.15, 0.2) is 11.6 Å². The highest BCUT2D eigenvalue weighted by Gasteiger charge is 2.34. The van der Waals surface area contributed by atoms with Crippen LogP contribution in [0.25, 0.3) is 0 Å². The fourth-order valence-corrected chi connectivity index (χ4v) is 3.04. The number of anilines is 1. The number of nitrogen functional groups attached to an aromatic ring is 1. The fraction of sp³-hybridized carbons (Fsp3) is 0.316. The molecule has 1 unspecified atom stereocenters. The number of ether oxygens (including phenoxy) is 2. The SMILES string of the molecule is COc1cc(C(=O)NC2CC(C)(C)Oc3ccc(N)cc32)ccc1F. The lowest BCUT2D eigenvalue weighted by Crippen LogP contribution is -2.41. The number of benzene rings is 2. The van der Waals surface area contributed by atoms with Gasteiger partial charge in [-0.25, -0.2) is 4.39 Å². The van der Waals surface area contributed by atoms with E-state index < -0.39 is 11.4 Å². The van der Waals surface area contributed by atoms with Crippen LogP contribution in [0, 0.1) is 5.82 Å². The summed E-state index contributed by atoms with van der Waals surface area (Å²) in [5.41, 5.74) is 7.22. The topological polar surface area (TPSA) is 73.6 Å². The Kier molecular flexibility index (Phi) is 4.29. The first-order valence-corrected chi connectivity index (χ1v) is 8.02. The number of hydrogen-bond donors (Lipinski definition) is 2. The first-order valence-electron chi connectivity index (χ1n) is 8.02. The molecule has 5 nitrogen and oxygen atoms in total. The zero-order chi connectivity index (χ0) is 18.2. The van der Waals surface area contributed by atoms with Gasteiger partial charge in [0.1, 0.15) is 11.4 Å². The van der Waals surface area contributed by atoms with E-state index in [0.717, 1.165) is 5.56 Å². The number of carbonyl (C=O) groups excluding carboxylic acids is 1. The summed E-state index contributed by atoms with van der Waals surface area (Å²) < 4.78 is 24.5. The highest BCUT2D eigenvalue weighted by atomic mass is 19.1. The van der Waals surface area contributed by atoms with Gasteiger partial charge in [0.2, 0.25) is 0 Å². The molecule has 0 radical (unpaired) electrons. The van der Waals surface area contributed by atoms with Crippen molar-refractivity contribution in [3.05, 3.63) is 53.3 Å². The summed E-state index contributed by atoms with van der Waals surface area (Å²) in [6.07, 6.45) is 0.591. The molecule has 0 bridgehead atoms. The van der Waals surface area contributed by atoms with Crippen molar-refractivity contribution in [2.75, 3.05) is 12.8 Å². The summed E-state index contributed by atoms with van der Waals surface area (Å²) in [6.45, 7) is 3.93.